The van der Waals surface area contributed by atoms with E-state index in [1.54, 1.807) is 0 Å². The molecule has 0 saturated carbocycles. The van der Waals surface area contributed by atoms with E-state index in [2.05, 4.69) is 26.3 Å². The maximum absolute atomic E-state index is 12.0. The molecular weight excluding hydrogens is 264 g/mol. The quantitative estimate of drug-likeness (QED) is 0.820. The second kappa shape index (κ2) is 6.72. The first kappa shape index (κ1) is 14.1. The van der Waals surface area contributed by atoms with Crippen LogP contribution < -0.4 is 10.6 Å². The Hall–Kier alpha value is -1.88. The first-order valence-electron chi connectivity index (χ1n) is 7.73. The van der Waals surface area contributed by atoms with Gasteiger partial charge in [0.1, 0.15) is 0 Å². The van der Waals surface area contributed by atoms with Crippen molar-refractivity contribution in [3.63, 3.8) is 0 Å². The van der Waals surface area contributed by atoms with Gasteiger partial charge in [-0.05, 0) is 37.9 Å². The summed E-state index contributed by atoms with van der Waals surface area (Å²) < 4.78 is 2.14. The molecule has 21 heavy (non-hydrogen) atoms. The van der Waals surface area contributed by atoms with Crippen LogP contribution in [0.2, 0.25) is 0 Å². The van der Waals surface area contributed by atoms with Crippen molar-refractivity contribution in [2.75, 3.05) is 19.6 Å². The third-order valence-corrected chi connectivity index (χ3v) is 4.07. The van der Waals surface area contributed by atoms with Gasteiger partial charge in [-0.25, -0.2) is 4.98 Å². The molecule has 0 aliphatic carbocycles. The number of carbonyl (C=O) groups is 1. The fraction of sp³-hybridized carbons (Fsp3) is 0.500. The summed E-state index contributed by atoms with van der Waals surface area (Å²) in [5.41, 5.74) is 2.18. The standard InChI is InChI=1S/C16H22N4O/c21-16(13-5-3-8-17-11-13)18-9-4-10-20-12-19-14-6-1-2-7-15(14)20/h1-2,6-7,12-13,17H,3-5,8-11H2,(H,18,21)/t13-/m0/s1. The molecule has 1 amide bonds. The van der Waals surface area contributed by atoms with Gasteiger partial charge in [-0.3, -0.25) is 4.79 Å². The van der Waals surface area contributed by atoms with Crippen LogP contribution in [0.3, 0.4) is 0 Å². The lowest BCUT2D eigenvalue weighted by Crippen LogP contribution is -2.40. The van der Waals surface area contributed by atoms with E-state index in [1.807, 2.05) is 24.5 Å². The van der Waals surface area contributed by atoms with Crippen molar-refractivity contribution < 1.29 is 4.79 Å². The number of para-hydroxylation sites is 2. The number of hydrogen-bond donors (Lipinski definition) is 2. The Morgan fingerprint density at radius 3 is 3.19 bits per heavy atom. The fourth-order valence-corrected chi connectivity index (χ4v) is 2.87. The normalized spacial score (nSPS) is 18.8. The second-order valence-corrected chi connectivity index (χ2v) is 5.61. The Morgan fingerprint density at radius 2 is 2.33 bits per heavy atom. The van der Waals surface area contributed by atoms with E-state index in [0.717, 1.165) is 56.5 Å². The molecule has 1 aliphatic heterocycles. The molecule has 2 heterocycles. The summed E-state index contributed by atoms with van der Waals surface area (Å²) in [6.45, 7) is 3.46. The van der Waals surface area contributed by atoms with Crippen LogP contribution in [0.15, 0.2) is 30.6 Å². The van der Waals surface area contributed by atoms with Crippen LogP contribution in [0.1, 0.15) is 19.3 Å². The molecule has 1 aliphatic rings. The molecule has 0 bridgehead atoms. The highest BCUT2D eigenvalue weighted by molar-refractivity contribution is 5.79. The zero-order valence-corrected chi connectivity index (χ0v) is 12.2. The van der Waals surface area contributed by atoms with Gasteiger partial charge < -0.3 is 15.2 Å². The maximum atomic E-state index is 12.0. The summed E-state index contributed by atoms with van der Waals surface area (Å²) >= 11 is 0. The zero-order chi connectivity index (χ0) is 14.5. The summed E-state index contributed by atoms with van der Waals surface area (Å²) in [5.74, 6) is 0.338. The molecule has 5 heteroatoms. The van der Waals surface area contributed by atoms with Gasteiger partial charge in [0, 0.05) is 19.6 Å². The van der Waals surface area contributed by atoms with E-state index < -0.39 is 0 Å². The number of imidazole rings is 1. The van der Waals surface area contributed by atoms with Gasteiger partial charge in [0.05, 0.1) is 23.3 Å². The Balaban J connectivity index is 1.44. The molecule has 112 valence electrons. The lowest BCUT2D eigenvalue weighted by molar-refractivity contribution is -0.125. The van der Waals surface area contributed by atoms with Crippen LogP contribution in [-0.2, 0) is 11.3 Å². The Labute approximate surface area is 124 Å². The molecule has 1 fully saturated rings. The van der Waals surface area contributed by atoms with Crippen molar-refractivity contribution in [1.29, 1.82) is 0 Å². The van der Waals surface area contributed by atoms with Gasteiger partial charge in [0.15, 0.2) is 0 Å². The van der Waals surface area contributed by atoms with Gasteiger partial charge in [-0.1, -0.05) is 12.1 Å². The third-order valence-electron chi connectivity index (χ3n) is 4.07. The first-order valence-corrected chi connectivity index (χ1v) is 7.73. The topological polar surface area (TPSA) is 59.0 Å². The van der Waals surface area contributed by atoms with Crippen molar-refractivity contribution in [2.24, 2.45) is 5.92 Å². The largest absolute Gasteiger partial charge is 0.356 e. The van der Waals surface area contributed by atoms with Crippen LogP contribution >= 0.6 is 0 Å². The molecule has 1 aromatic heterocycles. The highest BCUT2D eigenvalue weighted by atomic mass is 16.1. The molecule has 0 radical (unpaired) electrons. The van der Waals surface area contributed by atoms with Gasteiger partial charge >= 0.3 is 0 Å². The number of amides is 1. The molecule has 2 N–H and O–H groups in total. The Kier molecular flexibility index (Phi) is 4.50. The molecule has 0 unspecified atom stereocenters. The van der Waals surface area contributed by atoms with E-state index in [1.165, 1.54) is 0 Å². The minimum absolute atomic E-state index is 0.146. The lowest BCUT2D eigenvalue weighted by Gasteiger charge is -2.21. The third kappa shape index (κ3) is 3.42. The minimum atomic E-state index is 0.146. The van der Waals surface area contributed by atoms with E-state index in [0.29, 0.717) is 0 Å². The lowest BCUT2D eigenvalue weighted by atomic mass is 9.99. The SMILES string of the molecule is O=C(NCCCn1cnc2ccccc21)[C@H]1CCCNC1. The number of hydrogen-bond acceptors (Lipinski definition) is 3. The summed E-state index contributed by atoms with van der Waals surface area (Å²) in [6, 6.07) is 8.12. The van der Waals surface area contributed by atoms with Crippen molar-refractivity contribution in [2.45, 2.75) is 25.8 Å². The van der Waals surface area contributed by atoms with Crippen LogP contribution in [-0.4, -0.2) is 35.1 Å². The predicted molar refractivity (Wildman–Crippen MR) is 83.0 cm³/mol. The minimum Gasteiger partial charge on any atom is -0.356 e. The van der Waals surface area contributed by atoms with Crippen molar-refractivity contribution in [3.05, 3.63) is 30.6 Å². The maximum Gasteiger partial charge on any atom is 0.224 e. The molecule has 1 atom stereocenters. The van der Waals surface area contributed by atoms with E-state index in [-0.39, 0.29) is 11.8 Å². The number of nitrogens with zero attached hydrogens (tertiary/aromatic N) is 2. The van der Waals surface area contributed by atoms with Crippen LogP contribution in [0.25, 0.3) is 11.0 Å². The molecule has 1 aromatic carbocycles. The smallest absolute Gasteiger partial charge is 0.224 e. The molecule has 5 nitrogen and oxygen atoms in total. The highest BCUT2D eigenvalue weighted by Crippen LogP contribution is 2.12. The van der Waals surface area contributed by atoms with E-state index in [4.69, 9.17) is 0 Å². The molecule has 1 saturated heterocycles. The summed E-state index contributed by atoms with van der Waals surface area (Å²) in [7, 11) is 0. The number of nitrogens with one attached hydrogen (secondary N) is 2. The van der Waals surface area contributed by atoms with E-state index in [9.17, 15) is 4.79 Å². The monoisotopic (exact) mass is 286 g/mol. The highest BCUT2D eigenvalue weighted by Gasteiger charge is 2.19. The second-order valence-electron chi connectivity index (χ2n) is 5.61. The summed E-state index contributed by atoms with van der Waals surface area (Å²) in [6.07, 6.45) is 4.90. The number of benzene rings is 1. The summed E-state index contributed by atoms with van der Waals surface area (Å²) in [5, 5.41) is 6.33. The number of rotatable bonds is 5. The van der Waals surface area contributed by atoms with Crippen molar-refractivity contribution in [1.82, 2.24) is 20.2 Å². The van der Waals surface area contributed by atoms with Crippen LogP contribution in [0, 0.1) is 5.92 Å². The molecular formula is C16H22N4O. The molecule has 2 aromatic rings. The average molecular weight is 286 g/mol. The first-order chi connectivity index (χ1) is 10.3. The number of piperidine rings is 1. The van der Waals surface area contributed by atoms with Gasteiger partial charge in [0.25, 0.3) is 0 Å². The number of fused-ring (bicyclic) bond motifs is 1. The number of carbonyl (C=O) groups excluding carboxylic acids is 1. The number of aromatic nitrogens is 2. The number of aryl methyl sites for hydroxylation is 1. The Morgan fingerprint density at radius 1 is 1.43 bits per heavy atom. The van der Waals surface area contributed by atoms with E-state index >= 15 is 0 Å². The fourth-order valence-electron chi connectivity index (χ4n) is 2.87. The zero-order valence-electron chi connectivity index (χ0n) is 12.2. The predicted octanol–water partition coefficient (Wildman–Crippen LogP) is 1.54. The molecule has 0 spiro atoms. The van der Waals surface area contributed by atoms with Crippen LogP contribution in [0.4, 0.5) is 0 Å². The Bertz CT molecular complexity index is 601. The van der Waals surface area contributed by atoms with Gasteiger partial charge in [-0.15, -0.1) is 0 Å². The summed E-state index contributed by atoms with van der Waals surface area (Å²) in [4.78, 5) is 16.4. The molecule has 3 rings (SSSR count). The van der Waals surface area contributed by atoms with Crippen LogP contribution in [0.5, 0.6) is 0 Å². The van der Waals surface area contributed by atoms with Gasteiger partial charge in [0.2, 0.25) is 5.91 Å². The van der Waals surface area contributed by atoms with Crippen molar-refractivity contribution >= 4 is 16.9 Å². The average Bonchev–Trinajstić information content (AvgIpc) is 2.95. The van der Waals surface area contributed by atoms with Crippen molar-refractivity contribution in [3.8, 4) is 0 Å². The van der Waals surface area contributed by atoms with Gasteiger partial charge in [-0.2, -0.15) is 0 Å².